The zero-order valence-electron chi connectivity index (χ0n) is 30.3. The summed E-state index contributed by atoms with van der Waals surface area (Å²) in [5.74, 6) is 3.48. The van der Waals surface area contributed by atoms with Crippen LogP contribution in [0.3, 0.4) is 0 Å². The normalized spacial score (nSPS) is 11.8. The van der Waals surface area contributed by atoms with E-state index in [1.165, 1.54) is 51.4 Å². The molecule has 0 unspecified atom stereocenters. The van der Waals surface area contributed by atoms with Crippen LogP contribution in [0.2, 0.25) is 0 Å². The van der Waals surface area contributed by atoms with E-state index in [2.05, 4.69) is 143 Å². The SMILES string of the molecule is CCCCc1cccc(C)c1-c1cnn(-c2cc(Oc3ccc4c5ccccc5n(-c5cc(CCC(C)C)ccn5)c4c3)cc(C(C)C)c2)c1. The van der Waals surface area contributed by atoms with E-state index in [-0.39, 0.29) is 0 Å². The fraction of sp³-hybridized carbons (Fsp3) is 0.289. The first kappa shape index (κ1) is 33.3. The van der Waals surface area contributed by atoms with Gasteiger partial charge in [0.15, 0.2) is 0 Å². The molecule has 0 atom stereocenters. The Morgan fingerprint density at radius 2 is 1.62 bits per heavy atom. The van der Waals surface area contributed by atoms with Crippen LogP contribution in [0.4, 0.5) is 0 Å². The van der Waals surface area contributed by atoms with Gasteiger partial charge in [-0.2, -0.15) is 5.10 Å². The predicted molar refractivity (Wildman–Crippen MR) is 208 cm³/mol. The molecule has 4 aromatic carbocycles. The second kappa shape index (κ2) is 14.4. The van der Waals surface area contributed by atoms with Crippen molar-refractivity contribution in [3.05, 3.63) is 132 Å². The first-order valence-electron chi connectivity index (χ1n) is 18.2. The molecule has 254 valence electrons. The number of ether oxygens (including phenoxy) is 1. The summed E-state index contributed by atoms with van der Waals surface area (Å²) in [6.45, 7) is 13.4. The van der Waals surface area contributed by atoms with Crippen LogP contribution in [0.15, 0.2) is 110 Å². The van der Waals surface area contributed by atoms with Gasteiger partial charge in [-0.25, -0.2) is 9.67 Å². The largest absolute Gasteiger partial charge is 0.457 e. The van der Waals surface area contributed by atoms with E-state index >= 15 is 0 Å². The van der Waals surface area contributed by atoms with Crippen LogP contribution in [-0.4, -0.2) is 19.3 Å². The van der Waals surface area contributed by atoms with Gasteiger partial charge in [-0.3, -0.25) is 4.57 Å². The van der Waals surface area contributed by atoms with Crippen LogP contribution >= 0.6 is 0 Å². The molecule has 0 saturated heterocycles. The van der Waals surface area contributed by atoms with Gasteiger partial charge in [0.25, 0.3) is 0 Å². The number of aromatic nitrogens is 4. The molecule has 5 nitrogen and oxygen atoms in total. The Morgan fingerprint density at radius 1 is 0.780 bits per heavy atom. The number of hydrogen-bond acceptors (Lipinski definition) is 3. The van der Waals surface area contributed by atoms with Gasteiger partial charge in [-0.15, -0.1) is 0 Å². The van der Waals surface area contributed by atoms with Crippen molar-refractivity contribution in [2.75, 3.05) is 0 Å². The third-order valence-electron chi connectivity index (χ3n) is 9.81. The molecule has 0 spiro atoms. The lowest BCUT2D eigenvalue weighted by atomic mass is 9.94. The molecule has 7 rings (SSSR count). The Kier molecular flexibility index (Phi) is 9.58. The number of rotatable bonds is 12. The van der Waals surface area contributed by atoms with Crippen molar-refractivity contribution in [1.82, 2.24) is 19.3 Å². The molecular formula is C45H48N4O. The summed E-state index contributed by atoms with van der Waals surface area (Å²) >= 11 is 0. The number of para-hydroxylation sites is 1. The fourth-order valence-corrected chi connectivity index (χ4v) is 7.03. The molecule has 0 bridgehead atoms. The van der Waals surface area contributed by atoms with E-state index in [0.717, 1.165) is 58.9 Å². The van der Waals surface area contributed by atoms with Gasteiger partial charge < -0.3 is 4.74 Å². The van der Waals surface area contributed by atoms with Crippen molar-refractivity contribution in [3.8, 4) is 34.1 Å². The highest BCUT2D eigenvalue weighted by Gasteiger charge is 2.17. The first-order valence-corrected chi connectivity index (χ1v) is 18.2. The second-order valence-electron chi connectivity index (χ2n) is 14.4. The number of aryl methyl sites for hydroxylation is 3. The standard InChI is InChI=1S/C45H48N4O/c1-7-8-13-34-14-11-12-32(6)45(34)36-28-47-48(29-36)37-24-35(31(4)5)25-39(26-37)50-38-19-20-41-40-15-9-10-16-42(40)49(43(41)27-38)44-23-33(21-22-46-44)18-17-30(2)3/h9-12,14-16,19-31H,7-8,13,17-18H2,1-6H3. The summed E-state index contributed by atoms with van der Waals surface area (Å²) in [4.78, 5) is 4.86. The Labute approximate surface area is 296 Å². The van der Waals surface area contributed by atoms with Gasteiger partial charge in [-0.05, 0) is 115 Å². The van der Waals surface area contributed by atoms with Gasteiger partial charge in [-0.1, -0.05) is 77.4 Å². The van der Waals surface area contributed by atoms with Crippen molar-refractivity contribution in [2.24, 2.45) is 5.92 Å². The summed E-state index contributed by atoms with van der Waals surface area (Å²) < 4.78 is 11.0. The monoisotopic (exact) mass is 660 g/mol. The third-order valence-corrected chi connectivity index (χ3v) is 9.81. The Hall–Kier alpha value is -5.16. The minimum absolute atomic E-state index is 0.323. The second-order valence-corrected chi connectivity index (χ2v) is 14.4. The molecule has 7 aromatic rings. The molecule has 0 aliphatic heterocycles. The molecule has 0 fully saturated rings. The lowest BCUT2D eigenvalue weighted by Crippen LogP contribution is -2.00. The quantitative estimate of drug-likeness (QED) is 0.131. The number of fused-ring (bicyclic) bond motifs is 3. The van der Waals surface area contributed by atoms with Crippen molar-refractivity contribution in [3.63, 3.8) is 0 Å². The van der Waals surface area contributed by atoms with Gasteiger partial charge in [0, 0.05) is 40.9 Å². The minimum atomic E-state index is 0.323. The first-order chi connectivity index (χ1) is 24.3. The Morgan fingerprint density at radius 3 is 2.44 bits per heavy atom. The summed E-state index contributed by atoms with van der Waals surface area (Å²) in [6, 6.07) is 32.5. The van der Waals surface area contributed by atoms with Crippen molar-refractivity contribution < 1.29 is 4.74 Å². The van der Waals surface area contributed by atoms with E-state index in [9.17, 15) is 0 Å². The Balaban J connectivity index is 1.26. The maximum atomic E-state index is 6.71. The minimum Gasteiger partial charge on any atom is -0.457 e. The average Bonchev–Trinajstić information content (AvgIpc) is 3.73. The molecule has 0 radical (unpaired) electrons. The maximum absolute atomic E-state index is 6.71. The molecule has 3 heterocycles. The molecule has 5 heteroatoms. The lowest BCUT2D eigenvalue weighted by Gasteiger charge is -2.14. The molecule has 0 saturated carbocycles. The summed E-state index contributed by atoms with van der Waals surface area (Å²) in [5.41, 5.74) is 10.8. The average molecular weight is 661 g/mol. The van der Waals surface area contributed by atoms with Crippen LogP contribution in [-0.2, 0) is 12.8 Å². The topological polar surface area (TPSA) is 44.9 Å². The zero-order valence-corrected chi connectivity index (χ0v) is 30.3. The smallest absolute Gasteiger partial charge is 0.137 e. The zero-order chi connectivity index (χ0) is 34.8. The predicted octanol–water partition coefficient (Wildman–Crippen LogP) is 12.2. The number of nitrogens with zero attached hydrogens (tertiary/aromatic N) is 4. The third kappa shape index (κ3) is 6.82. The van der Waals surface area contributed by atoms with Crippen LogP contribution < -0.4 is 4.74 Å². The van der Waals surface area contributed by atoms with Crippen molar-refractivity contribution in [2.45, 2.75) is 79.6 Å². The molecule has 0 aliphatic carbocycles. The molecule has 0 amide bonds. The molecular weight excluding hydrogens is 613 g/mol. The highest BCUT2D eigenvalue weighted by molar-refractivity contribution is 6.09. The van der Waals surface area contributed by atoms with Crippen LogP contribution in [0, 0.1) is 12.8 Å². The number of pyridine rings is 1. The van der Waals surface area contributed by atoms with Crippen LogP contribution in [0.5, 0.6) is 11.5 Å². The van der Waals surface area contributed by atoms with E-state index in [4.69, 9.17) is 14.8 Å². The number of unbranched alkanes of at least 4 members (excludes halogenated alkanes) is 1. The lowest BCUT2D eigenvalue weighted by molar-refractivity contribution is 0.481. The summed E-state index contributed by atoms with van der Waals surface area (Å²) in [6.07, 6.45) is 11.7. The van der Waals surface area contributed by atoms with Gasteiger partial charge in [0.2, 0.25) is 0 Å². The summed E-state index contributed by atoms with van der Waals surface area (Å²) in [5, 5.41) is 7.25. The van der Waals surface area contributed by atoms with E-state index in [1.807, 2.05) is 17.1 Å². The molecule has 50 heavy (non-hydrogen) atoms. The molecule has 0 N–H and O–H groups in total. The van der Waals surface area contributed by atoms with Crippen molar-refractivity contribution in [1.29, 1.82) is 0 Å². The number of benzene rings is 4. The van der Waals surface area contributed by atoms with E-state index in [0.29, 0.717) is 11.8 Å². The fourth-order valence-electron chi connectivity index (χ4n) is 7.03. The highest BCUT2D eigenvalue weighted by atomic mass is 16.5. The van der Waals surface area contributed by atoms with E-state index in [1.54, 1.807) is 0 Å². The van der Waals surface area contributed by atoms with Crippen LogP contribution in [0.1, 0.15) is 82.1 Å². The van der Waals surface area contributed by atoms with Gasteiger partial charge in [0.1, 0.15) is 17.3 Å². The van der Waals surface area contributed by atoms with Gasteiger partial charge in [0.05, 0.1) is 22.9 Å². The van der Waals surface area contributed by atoms with Crippen molar-refractivity contribution >= 4 is 21.8 Å². The number of hydrogen-bond donors (Lipinski definition) is 0. The molecule has 0 aliphatic rings. The van der Waals surface area contributed by atoms with E-state index < -0.39 is 0 Å². The highest BCUT2D eigenvalue weighted by Crippen LogP contribution is 2.37. The van der Waals surface area contributed by atoms with Crippen LogP contribution in [0.25, 0.3) is 44.4 Å². The molecule has 3 aromatic heterocycles. The maximum Gasteiger partial charge on any atom is 0.137 e. The Bertz CT molecular complexity index is 2270. The summed E-state index contributed by atoms with van der Waals surface area (Å²) in [7, 11) is 0. The van der Waals surface area contributed by atoms with Gasteiger partial charge >= 0.3 is 0 Å².